The second-order valence-corrected chi connectivity index (χ2v) is 5.28. The Bertz CT molecular complexity index is 581. The van der Waals surface area contributed by atoms with E-state index in [0.29, 0.717) is 11.5 Å². The summed E-state index contributed by atoms with van der Waals surface area (Å²) in [6.07, 6.45) is 1.38. The molecular formula is C9H12N4O3S. The fraction of sp³-hybridized carbons (Fsp3) is 0.333. The van der Waals surface area contributed by atoms with Crippen molar-refractivity contribution in [2.24, 2.45) is 0 Å². The van der Waals surface area contributed by atoms with Gasteiger partial charge in [-0.1, -0.05) is 5.16 Å². The summed E-state index contributed by atoms with van der Waals surface area (Å²) in [5, 5.41) is 9.77. The van der Waals surface area contributed by atoms with E-state index in [1.165, 1.54) is 12.3 Å². The number of nitrogens with one attached hydrogen (secondary N) is 2. The minimum Gasteiger partial charge on any atom is -0.361 e. The van der Waals surface area contributed by atoms with Gasteiger partial charge in [-0.2, -0.15) is 5.10 Å². The van der Waals surface area contributed by atoms with E-state index in [4.69, 9.17) is 4.52 Å². The van der Waals surface area contributed by atoms with Crippen LogP contribution >= 0.6 is 0 Å². The Morgan fingerprint density at radius 1 is 1.47 bits per heavy atom. The summed E-state index contributed by atoms with van der Waals surface area (Å²) in [6, 6.07) is 1.38. The summed E-state index contributed by atoms with van der Waals surface area (Å²) < 4.78 is 30.9. The number of sulfonamides is 1. The van der Waals surface area contributed by atoms with Crippen molar-refractivity contribution in [2.75, 3.05) is 0 Å². The summed E-state index contributed by atoms with van der Waals surface area (Å²) in [5.74, 6) is 0.606. The number of nitrogens with zero attached hydrogens (tertiary/aromatic N) is 2. The molecule has 0 saturated carbocycles. The van der Waals surface area contributed by atoms with Gasteiger partial charge in [0.2, 0.25) is 0 Å². The summed E-state index contributed by atoms with van der Waals surface area (Å²) in [7, 11) is -3.56. The number of aryl methyl sites for hydroxylation is 2. The van der Waals surface area contributed by atoms with Crippen LogP contribution in [0.1, 0.15) is 17.0 Å². The topological polar surface area (TPSA) is 101 Å². The molecule has 0 saturated heterocycles. The van der Waals surface area contributed by atoms with Gasteiger partial charge in [0.1, 0.15) is 5.76 Å². The molecule has 2 heterocycles. The van der Waals surface area contributed by atoms with Gasteiger partial charge in [0.15, 0.2) is 5.03 Å². The molecule has 2 aromatic rings. The van der Waals surface area contributed by atoms with E-state index in [2.05, 4.69) is 20.1 Å². The van der Waals surface area contributed by atoms with Crippen LogP contribution in [0, 0.1) is 13.8 Å². The molecule has 0 radical (unpaired) electrons. The molecular weight excluding hydrogens is 244 g/mol. The van der Waals surface area contributed by atoms with Crippen molar-refractivity contribution in [1.82, 2.24) is 20.1 Å². The van der Waals surface area contributed by atoms with Crippen LogP contribution in [0.5, 0.6) is 0 Å². The van der Waals surface area contributed by atoms with Crippen LogP contribution in [0.15, 0.2) is 21.8 Å². The molecule has 17 heavy (non-hydrogen) atoms. The molecule has 2 rings (SSSR count). The van der Waals surface area contributed by atoms with Crippen molar-refractivity contribution < 1.29 is 12.9 Å². The maximum Gasteiger partial charge on any atom is 0.257 e. The van der Waals surface area contributed by atoms with Crippen LogP contribution in [0.25, 0.3) is 0 Å². The second kappa shape index (κ2) is 4.30. The van der Waals surface area contributed by atoms with Crippen LogP contribution in [0.2, 0.25) is 0 Å². The molecule has 92 valence electrons. The van der Waals surface area contributed by atoms with Gasteiger partial charge in [-0.3, -0.25) is 5.10 Å². The fourth-order valence-corrected chi connectivity index (χ4v) is 2.29. The summed E-state index contributed by atoms with van der Waals surface area (Å²) in [6.45, 7) is 3.64. The molecule has 0 amide bonds. The molecule has 0 spiro atoms. The van der Waals surface area contributed by atoms with Gasteiger partial charge in [-0.05, 0) is 19.9 Å². The highest BCUT2D eigenvalue weighted by Gasteiger charge is 2.17. The lowest BCUT2D eigenvalue weighted by atomic mass is 10.2. The van der Waals surface area contributed by atoms with Crippen LogP contribution < -0.4 is 4.72 Å². The van der Waals surface area contributed by atoms with Crippen LogP contribution in [0.4, 0.5) is 0 Å². The summed E-state index contributed by atoms with van der Waals surface area (Å²) in [4.78, 5) is 0. The number of hydrogen-bond donors (Lipinski definition) is 2. The van der Waals surface area contributed by atoms with E-state index in [0.717, 1.165) is 5.56 Å². The molecule has 0 fully saturated rings. The highest BCUT2D eigenvalue weighted by atomic mass is 32.2. The van der Waals surface area contributed by atoms with E-state index in [1.807, 2.05) is 0 Å². The second-order valence-electron chi connectivity index (χ2n) is 3.55. The van der Waals surface area contributed by atoms with Crippen LogP contribution in [0.3, 0.4) is 0 Å². The first-order chi connectivity index (χ1) is 8.00. The third kappa shape index (κ3) is 2.37. The van der Waals surface area contributed by atoms with Crippen molar-refractivity contribution in [2.45, 2.75) is 25.4 Å². The molecule has 2 aromatic heterocycles. The number of H-pyrrole nitrogens is 1. The lowest BCUT2D eigenvalue weighted by Gasteiger charge is -2.03. The zero-order valence-electron chi connectivity index (χ0n) is 9.39. The molecule has 0 aliphatic heterocycles. The summed E-state index contributed by atoms with van der Waals surface area (Å²) in [5.41, 5.74) is 1.42. The Kier molecular flexibility index (Phi) is 2.99. The van der Waals surface area contributed by atoms with Crippen LogP contribution in [-0.4, -0.2) is 23.8 Å². The number of hydrogen-bond acceptors (Lipinski definition) is 5. The third-order valence-electron chi connectivity index (χ3n) is 2.38. The number of aromatic nitrogens is 3. The zero-order valence-corrected chi connectivity index (χ0v) is 10.2. The molecule has 2 N–H and O–H groups in total. The standard InChI is InChI=1S/C9H12N4O3S/c1-6-8(7(2)16-13-6)5-11-17(14,15)9-3-4-10-12-9/h3-4,11H,5H2,1-2H3,(H,10,12). The van der Waals surface area contributed by atoms with Gasteiger partial charge in [0.25, 0.3) is 10.0 Å². The van der Waals surface area contributed by atoms with Gasteiger partial charge >= 0.3 is 0 Å². The predicted molar refractivity (Wildman–Crippen MR) is 58.6 cm³/mol. The van der Waals surface area contributed by atoms with Crippen molar-refractivity contribution >= 4 is 10.0 Å². The predicted octanol–water partition coefficient (Wildman–Crippen LogP) is 0.493. The normalized spacial score (nSPS) is 11.9. The Hall–Kier alpha value is -1.67. The smallest absolute Gasteiger partial charge is 0.257 e. The molecule has 7 nitrogen and oxygen atoms in total. The van der Waals surface area contributed by atoms with Gasteiger partial charge in [0.05, 0.1) is 11.9 Å². The monoisotopic (exact) mass is 256 g/mol. The SMILES string of the molecule is Cc1noc(C)c1CNS(=O)(=O)c1ccn[nH]1. The highest BCUT2D eigenvalue weighted by Crippen LogP contribution is 2.13. The molecule has 0 atom stereocenters. The van der Waals surface area contributed by atoms with Gasteiger partial charge < -0.3 is 4.52 Å². The average Bonchev–Trinajstić information content (AvgIpc) is 2.88. The first-order valence-corrected chi connectivity index (χ1v) is 6.40. The molecule has 0 aliphatic carbocycles. The lowest BCUT2D eigenvalue weighted by molar-refractivity contribution is 0.392. The summed E-state index contributed by atoms with van der Waals surface area (Å²) >= 11 is 0. The Balaban J connectivity index is 2.14. The first-order valence-electron chi connectivity index (χ1n) is 4.91. The minimum absolute atomic E-state index is 0.0317. The molecule has 0 aliphatic rings. The third-order valence-corrected chi connectivity index (χ3v) is 3.72. The van der Waals surface area contributed by atoms with Crippen molar-refractivity contribution in [3.05, 3.63) is 29.3 Å². The van der Waals surface area contributed by atoms with E-state index >= 15 is 0 Å². The quantitative estimate of drug-likeness (QED) is 0.829. The highest BCUT2D eigenvalue weighted by molar-refractivity contribution is 7.89. The molecule has 0 bridgehead atoms. The van der Waals surface area contributed by atoms with Crippen molar-refractivity contribution in [3.8, 4) is 0 Å². The maximum absolute atomic E-state index is 11.8. The lowest BCUT2D eigenvalue weighted by Crippen LogP contribution is -2.24. The molecule has 8 heteroatoms. The first kappa shape index (κ1) is 11.8. The van der Waals surface area contributed by atoms with Crippen LogP contribution in [-0.2, 0) is 16.6 Å². The Morgan fingerprint density at radius 2 is 2.24 bits per heavy atom. The van der Waals surface area contributed by atoms with Crippen molar-refractivity contribution in [3.63, 3.8) is 0 Å². The zero-order chi connectivity index (χ0) is 12.5. The van der Waals surface area contributed by atoms with E-state index < -0.39 is 10.0 Å². The van der Waals surface area contributed by atoms with Gasteiger partial charge in [-0.15, -0.1) is 0 Å². The Labute approximate surface area is 98.3 Å². The largest absolute Gasteiger partial charge is 0.361 e. The molecule has 0 unspecified atom stereocenters. The van der Waals surface area contributed by atoms with E-state index in [9.17, 15) is 8.42 Å². The van der Waals surface area contributed by atoms with Crippen molar-refractivity contribution in [1.29, 1.82) is 0 Å². The van der Waals surface area contributed by atoms with Gasteiger partial charge in [-0.25, -0.2) is 13.1 Å². The van der Waals surface area contributed by atoms with Gasteiger partial charge in [0, 0.05) is 12.1 Å². The minimum atomic E-state index is -3.56. The number of aromatic amines is 1. The maximum atomic E-state index is 11.8. The van der Waals surface area contributed by atoms with E-state index in [1.54, 1.807) is 13.8 Å². The number of rotatable bonds is 4. The fourth-order valence-electron chi connectivity index (χ4n) is 1.39. The Morgan fingerprint density at radius 3 is 2.76 bits per heavy atom. The average molecular weight is 256 g/mol. The molecule has 0 aromatic carbocycles. The van der Waals surface area contributed by atoms with E-state index in [-0.39, 0.29) is 11.6 Å².